The molecule has 0 spiro atoms. The maximum Gasteiger partial charge on any atom is 0.382 e. The zero-order chi connectivity index (χ0) is 10.1. The van der Waals surface area contributed by atoms with Crippen molar-refractivity contribution in [3.63, 3.8) is 0 Å². The summed E-state index contributed by atoms with van der Waals surface area (Å²) in [4.78, 5) is 17.5. The van der Waals surface area contributed by atoms with Crippen molar-refractivity contribution < 1.29 is 4.92 Å². The second-order valence-electron chi connectivity index (χ2n) is 2.73. The Morgan fingerprint density at radius 1 is 1.36 bits per heavy atom. The average Bonchev–Trinajstić information content (AvgIpc) is 2.16. The van der Waals surface area contributed by atoms with Crippen molar-refractivity contribution in [3.05, 3.63) is 34.5 Å². The highest BCUT2D eigenvalue weighted by molar-refractivity contribution is 5.78. The standard InChI is InChI=1S/C8H6N4O2/c9-5-1-2-6-7(3-5)10-4-8(11-6)12(13)14/h1-4H,9H2. The molecular formula is C8H6N4O2. The molecule has 0 bridgehead atoms. The van der Waals surface area contributed by atoms with Gasteiger partial charge in [-0.2, -0.15) is 0 Å². The minimum absolute atomic E-state index is 0.262. The van der Waals surface area contributed by atoms with Gasteiger partial charge in [0.15, 0.2) is 0 Å². The van der Waals surface area contributed by atoms with Crippen LogP contribution in [0.25, 0.3) is 11.0 Å². The Balaban J connectivity index is 2.67. The summed E-state index contributed by atoms with van der Waals surface area (Å²) in [5, 5.41) is 10.4. The van der Waals surface area contributed by atoms with Crippen LogP contribution < -0.4 is 5.73 Å². The van der Waals surface area contributed by atoms with Crippen LogP contribution in [0.15, 0.2) is 24.4 Å². The van der Waals surface area contributed by atoms with Crippen molar-refractivity contribution in [2.24, 2.45) is 0 Å². The first-order chi connectivity index (χ1) is 6.66. The molecule has 0 saturated carbocycles. The highest BCUT2D eigenvalue weighted by Crippen LogP contribution is 2.15. The largest absolute Gasteiger partial charge is 0.399 e. The van der Waals surface area contributed by atoms with Crippen LogP contribution in [0.3, 0.4) is 0 Å². The van der Waals surface area contributed by atoms with E-state index in [1.165, 1.54) is 0 Å². The van der Waals surface area contributed by atoms with Gasteiger partial charge in [0.05, 0.1) is 0 Å². The number of hydrogen-bond donors (Lipinski definition) is 1. The molecule has 2 N–H and O–H groups in total. The van der Waals surface area contributed by atoms with Gasteiger partial charge in [0.2, 0.25) is 5.52 Å². The van der Waals surface area contributed by atoms with Gasteiger partial charge in [-0.25, -0.2) is 4.98 Å². The molecule has 14 heavy (non-hydrogen) atoms. The lowest BCUT2D eigenvalue weighted by atomic mass is 10.3. The Morgan fingerprint density at radius 3 is 2.86 bits per heavy atom. The van der Waals surface area contributed by atoms with Crippen molar-refractivity contribution in [1.82, 2.24) is 9.97 Å². The number of aromatic nitrogens is 2. The lowest BCUT2D eigenvalue weighted by Crippen LogP contribution is -1.94. The molecule has 0 aliphatic carbocycles. The van der Waals surface area contributed by atoms with Crippen LogP contribution in [-0.2, 0) is 0 Å². The van der Waals surface area contributed by atoms with E-state index >= 15 is 0 Å². The van der Waals surface area contributed by atoms with Gasteiger partial charge >= 0.3 is 5.82 Å². The summed E-state index contributed by atoms with van der Waals surface area (Å²) in [5.74, 6) is -0.262. The van der Waals surface area contributed by atoms with Crippen LogP contribution in [0.5, 0.6) is 0 Å². The number of fused-ring (bicyclic) bond motifs is 1. The van der Waals surface area contributed by atoms with E-state index in [4.69, 9.17) is 5.73 Å². The van der Waals surface area contributed by atoms with Gasteiger partial charge in [-0.1, -0.05) is 0 Å². The molecule has 6 nitrogen and oxygen atoms in total. The fourth-order valence-corrected chi connectivity index (χ4v) is 1.11. The average molecular weight is 190 g/mol. The summed E-state index contributed by atoms with van der Waals surface area (Å²) in [6, 6.07) is 4.84. The Morgan fingerprint density at radius 2 is 2.14 bits per heavy atom. The molecule has 1 aromatic heterocycles. The minimum atomic E-state index is -0.581. The van der Waals surface area contributed by atoms with Gasteiger partial charge in [-0.15, -0.1) is 0 Å². The molecule has 2 rings (SSSR count). The number of rotatable bonds is 1. The quantitative estimate of drug-likeness (QED) is 0.413. The first-order valence-electron chi connectivity index (χ1n) is 3.83. The predicted molar refractivity (Wildman–Crippen MR) is 50.6 cm³/mol. The molecule has 0 radical (unpaired) electrons. The Bertz CT molecular complexity index is 512. The molecule has 0 aliphatic heterocycles. The highest BCUT2D eigenvalue weighted by atomic mass is 16.6. The molecule has 6 heteroatoms. The zero-order valence-corrected chi connectivity index (χ0v) is 7.04. The molecule has 0 aliphatic rings. The highest BCUT2D eigenvalue weighted by Gasteiger charge is 2.09. The first kappa shape index (κ1) is 8.36. The maximum atomic E-state index is 10.4. The molecule has 0 amide bonds. The summed E-state index contributed by atoms with van der Waals surface area (Å²) in [7, 11) is 0. The topological polar surface area (TPSA) is 94.9 Å². The third-order valence-electron chi connectivity index (χ3n) is 1.74. The summed E-state index contributed by atoms with van der Waals surface area (Å²) >= 11 is 0. The van der Waals surface area contributed by atoms with Gasteiger partial charge in [-0.05, 0) is 28.1 Å². The molecule has 0 saturated heterocycles. The number of nitrogens with two attached hydrogens (primary N) is 1. The molecule has 0 fully saturated rings. The third kappa shape index (κ3) is 1.33. The van der Waals surface area contributed by atoms with Gasteiger partial charge in [0, 0.05) is 5.69 Å². The molecule has 1 heterocycles. The number of hydrogen-bond acceptors (Lipinski definition) is 5. The lowest BCUT2D eigenvalue weighted by Gasteiger charge is -1.95. The van der Waals surface area contributed by atoms with Crippen LogP contribution in [0, 0.1) is 10.1 Å². The Kier molecular flexibility index (Phi) is 1.74. The van der Waals surface area contributed by atoms with Gasteiger partial charge < -0.3 is 15.8 Å². The van der Waals surface area contributed by atoms with Crippen molar-refractivity contribution in [2.45, 2.75) is 0 Å². The molecule has 1 aromatic carbocycles. The normalized spacial score (nSPS) is 10.3. The number of benzene rings is 1. The van der Waals surface area contributed by atoms with E-state index in [2.05, 4.69) is 9.97 Å². The Labute approximate surface area is 78.5 Å². The molecule has 70 valence electrons. The van der Waals surface area contributed by atoms with E-state index < -0.39 is 4.92 Å². The van der Waals surface area contributed by atoms with E-state index in [-0.39, 0.29) is 5.82 Å². The smallest absolute Gasteiger partial charge is 0.382 e. The molecular weight excluding hydrogens is 184 g/mol. The number of nitro groups is 1. The van der Waals surface area contributed by atoms with Gasteiger partial charge in [0.25, 0.3) is 0 Å². The fourth-order valence-electron chi connectivity index (χ4n) is 1.11. The number of anilines is 1. The van der Waals surface area contributed by atoms with E-state index in [0.29, 0.717) is 16.7 Å². The van der Waals surface area contributed by atoms with Crippen LogP contribution >= 0.6 is 0 Å². The summed E-state index contributed by atoms with van der Waals surface area (Å²) in [5.41, 5.74) is 7.09. The molecule has 0 unspecified atom stereocenters. The van der Waals surface area contributed by atoms with Crippen LogP contribution in [0.1, 0.15) is 0 Å². The predicted octanol–water partition coefficient (Wildman–Crippen LogP) is 1.12. The van der Waals surface area contributed by atoms with Crippen molar-refractivity contribution in [1.29, 1.82) is 0 Å². The molecule has 0 atom stereocenters. The van der Waals surface area contributed by atoms with Gasteiger partial charge in [0.1, 0.15) is 11.7 Å². The SMILES string of the molecule is Nc1ccc2nc([N+](=O)[O-])cnc2c1. The van der Waals surface area contributed by atoms with Crippen LogP contribution in [-0.4, -0.2) is 14.9 Å². The van der Waals surface area contributed by atoms with E-state index in [0.717, 1.165) is 6.20 Å². The van der Waals surface area contributed by atoms with Crippen LogP contribution in [0.4, 0.5) is 11.5 Å². The third-order valence-corrected chi connectivity index (χ3v) is 1.74. The second-order valence-corrected chi connectivity index (χ2v) is 2.73. The number of nitrogen functional groups attached to an aromatic ring is 1. The summed E-state index contributed by atoms with van der Waals surface area (Å²) < 4.78 is 0. The van der Waals surface area contributed by atoms with Crippen molar-refractivity contribution in [2.75, 3.05) is 5.73 Å². The zero-order valence-electron chi connectivity index (χ0n) is 7.04. The maximum absolute atomic E-state index is 10.4. The lowest BCUT2D eigenvalue weighted by molar-refractivity contribution is -0.389. The van der Waals surface area contributed by atoms with E-state index in [1.807, 2.05) is 0 Å². The van der Waals surface area contributed by atoms with E-state index in [9.17, 15) is 10.1 Å². The second kappa shape index (κ2) is 2.91. The first-order valence-corrected chi connectivity index (χ1v) is 3.83. The Hall–Kier alpha value is -2.24. The minimum Gasteiger partial charge on any atom is -0.399 e. The van der Waals surface area contributed by atoms with Crippen molar-refractivity contribution in [3.8, 4) is 0 Å². The van der Waals surface area contributed by atoms with Crippen molar-refractivity contribution >= 4 is 22.5 Å². The van der Waals surface area contributed by atoms with Gasteiger partial charge in [-0.3, -0.25) is 0 Å². The summed E-state index contributed by atoms with van der Waals surface area (Å²) in [6.07, 6.45) is 1.11. The number of nitrogens with zero attached hydrogens (tertiary/aromatic N) is 3. The fraction of sp³-hybridized carbons (Fsp3) is 0. The monoisotopic (exact) mass is 190 g/mol. The van der Waals surface area contributed by atoms with E-state index in [1.54, 1.807) is 18.2 Å². The van der Waals surface area contributed by atoms with Crippen LogP contribution in [0.2, 0.25) is 0 Å². The molecule has 2 aromatic rings. The summed E-state index contributed by atoms with van der Waals surface area (Å²) in [6.45, 7) is 0.